The average Bonchev–Trinajstić information content (AvgIpc) is 2.47. The van der Waals surface area contributed by atoms with E-state index in [0.29, 0.717) is 6.04 Å². The molecule has 1 aliphatic heterocycles. The zero-order valence-corrected chi connectivity index (χ0v) is 15.2. The third kappa shape index (κ3) is 5.15. The largest absolute Gasteiger partial charge is 0.495 e. The first-order valence-corrected chi connectivity index (χ1v) is 10.6. The molecule has 1 fully saturated rings. The fraction of sp³-hybridized carbons (Fsp3) is 0.556. The van der Waals surface area contributed by atoms with Gasteiger partial charge >= 0.3 is 0 Å². The fourth-order valence-electron chi connectivity index (χ4n) is 2.49. The highest BCUT2D eigenvalue weighted by atomic mass is 32.3. The van der Waals surface area contributed by atoms with Crippen LogP contribution in [0.2, 0.25) is 0 Å². The molecule has 1 aromatic carbocycles. The second kappa shape index (κ2) is 7.30. The van der Waals surface area contributed by atoms with E-state index in [1.807, 2.05) is 6.07 Å². The summed E-state index contributed by atoms with van der Waals surface area (Å²) >= 11 is 0. The van der Waals surface area contributed by atoms with Gasteiger partial charge in [0, 0.05) is 11.7 Å². The Morgan fingerprint density at radius 1 is 1.23 bits per heavy atom. The molecule has 1 aliphatic rings. The summed E-state index contributed by atoms with van der Waals surface area (Å²) in [6.07, 6.45) is 8.98. The summed E-state index contributed by atoms with van der Waals surface area (Å²) in [6.45, 7) is 2.32. The van der Waals surface area contributed by atoms with Gasteiger partial charge in [-0.15, -0.1) is 0 Å². The van der Waals surface area contributed by atoms with E-state index in [2.05, 4.69) is 59.3 Å². The van der Waals surface area contributed by atoms with Crippen molar-refractivity contribution in [2.24, 2.45) is 0 Å². The van der Waals surface area contributed by atoms with Crippen LogP contribution < -0.4 is 10.1 Å². The number of rotatable bonds is 3. The molecule has 0 amide bonds. The van der Waals surface area contributed by atoms with Crippen molar-refractivity contribution in [2.45, 2.75) is 18.9 Å². The number of likely N-dealkylation sites (tertiary alicyclic amines) is 1. The summed E-state index contributed by atoms with van der Waals surface area (Å²) in [5, 5.41) is 7.02. The molecular formula is C18H28N2OS. The molecular weight excluding hydrogens is 292 g/mol. The molecule has 0 aliphatic carbocycles. The number of benzene rings is 1. The van der Waals surface area contributed by atoms with Gasteiger partial charge in [-0.2, -0.15) is 10.0 Å². The highest BCUT2D eigenvalue weighted by Gasteiger charge is 2.16. The number of ether oxygens (including phenoxy) is 1. The smallest absolute Gasteiger partial charge is 0.134 e. The Morgan fingerprint density at radius 3 is 2.50 bits per heavy atom. The van der Waals surface area contributed by atoms with E-state index in [1.54, 1.807) is 7.11 Å². The first kappa shape index (κ1) is 17.1. The zero-order chi connectivity index (χ0) is 16.2. The lowest BCUT2D eigenvalue weighted by molar-refractivity contribution is 0.264. The molecule has 0 saturated carbocycles. The first-order chi connectivity index (χ1) is 10.4. The van der Waals surface area contributed by atoms with Crippen LogP contribution in [0.5, 0.6) is 5.75 Å². The van der Waals surface area contributed by atoms with Gasteiger partial charge in [-0.25, -0.2) is 0 Å². The Labute approximate surface area is 136 Å². The van der Waals surface area contributed by atoms with Crippen LogP contribution in [-0.2, 0) is 0 Å². The molecule has 0 spiro atoms. The molecule has 22 heavy (non-hydrogen) atoms. The molecule has 122 valence electrons. The number of hydrogen-bond donors (Lipinski definition) is 1. The Morgan fingerprint density at radius 2 is 1.91 bits per heavy atom. The lowest BCUT2D eigenvalue weighted by atomic mass is 10.0. The predicted molar refractivity (Wildman–Crippen MR) is 99.4 cm³/mol. The van der Waals surface area contributed by atoms with Crippen LogP contribution in [0.15, 0.2) is 18.2 Å². The quantitative estimate of drug-likeness (QED) is 0.866. The van der Waals surface area contributed by atoms with Crippen molar-refractivity contribution in [3.05, 3.63) is 23.8 Å². The highest BCUT2D eigenvalue weighted by molar-refractivity contribution is 8.35. The Kier molecular flexibility index (Phi) is 5.66. The van der Waals surface area contributed by atoms with Crippen LogP contribution in [0.3, 0.4) is 0 Å². The normalized spacial score (nSPS) is 17.5. The van der Waals surface area contributed by atoms with E-state index >= 15 is 0 Å². The van der Waals surface area contributed by atoms with Crippen LogP contribution >= 0.6 is 10.0 Å². The summed E-state index contributed by atoms with van der Waals surface area (Å²) in [7, 11) is 3.05. The van der Waals surface area contributed by atoms with Gasteiger partial charge in [0.25, 0.3) is 0 Å². The summed E-state index contributed by atoms with van der Waals surface area (Å²) in [6, 6.07) is 6.78. The molecule has 1 N–H and O–H groups in total. The first-order valence-electron chi connectivity index (χ1n) is 7.71. The number of piperidine rings is 1. The van der Waals surface area contributed by atoms with Gasteiger partial charge in [-0.05, 0) is 75.2 Å². The minimum Gasteiger partial charge on any atom is -0.495 e. The van der Waals surface area contributed by atoms with Crippen molar-refractivity contribution in [3.8, 4) is 16.9 Å². The summed E-state index contributed by atoms with van der Waals surface area (Å²) in [5.74, 6) is 4.15. The SMILES string of the molecule is COc1ccc(NC2CCN(C)CC2)cc1C#CS(C)(C)C. The maximum absolute atomic E-state index is 5.44. The van der Waals surface area contributed by atoms with E-state index in [4.69, 9.17) is 4.74 Å². The van der Waals surface area contributed by atoms with Gasteiger partial charge < -0.3 is 15.0 Å². The molecule has 1 aromatic rings. The molecule has 4 heteroatoms. The van der Waals surface area contributed by atoms with Crippen LogP contribution in [0.25, 0.3) is 0 Å². The van der Waals surface area contributed by atoms with E-state index < -0.39 is 10.0 Å². The van der Waals surface area contributed by atoms with Crippen molar-refractivity contribution in [1.82, 2.24) is 4.90 Å². The molecule has 0 radical (unpaired) electrons. The highest BCUT2D eigenvalue weighted by Crippen LogP contribution is 2.33. The lowest BCUT2D eigenvalue weighted by Gasteiger charge is -2.30. The molecule has 1 heterocycles. The van der Waals surface area contributed by atoms with Crippen molar-refractivity contribution < 1.29 is 4.74 Å². The van der Waals surface area contributed by atoms with Gasteiger partial charge in [0.1, 0.15) is 5.75 Å². The Hall–Kier alpha value is -1.31. The van der Waals surface area contributed by atoms with Crippen LogP contribution in [0, 0.1) is 11.2 Å². The maximum Gasteiger partial charge on any atom is 0.134 e. The van der Waals surface area contributed by atoms with Gasteiger partial charge in [-0.1, -0.05) is 5.92 Å². The van der Waals surface area contributed by atoms with Gasteiger partial charge in [0.2, 0.25) is 0 Å². The van der Waals surface area contributed by atoms with Crippen LogP contribution in [0.4, 0.5) is 5.69 Å². The monoisotopic (exact) mass is 320 g/mol. The van der Waals surface area contributed by atoms with Gasteiger partial charge in [0.05, 0.1) is 12.7 Å². The van der Waals surface area contributed by atoms with E-state index in [-0.39, 0.29) is 0 Å². The molecule has 2 rings (SSSR count). The molecule has 0 atom stereocenters. The summed E-state index contributed by atoms with van der Waals surface area (Å²) < 4.78 is 5.44. The molecule has 1 saturated heterocycles. The minimum atomic E-state index is -0.836. The third-order valence-electron chi connectivity index (χ3n) is 3.78. The van der Waals surface area contributed by atoms with Crippen molar-refractivity contribution in [2.75, 3.05) is 51.3 Å². The number of methoxy groups -OCH3 is 1. The predicted octanol–water partition coefficient (Wildman–Crippen LogP) is 3.20. The van der Waals surface area contributed by atoms with Crippen molar-refractivity contribution in [3.63, 3.8) is 0 Å². The molecule has 0 unspecified atom stereocenters. The topological polar surface area (TPSA) is 24.5 Å². The maximum atomic E-state index is 5.44. The average molecular weight is 321 g/mol. The standard InChI is InChI=1S/C18H28N2OS/c1-20-11-8-16(9-12-20)19-17-6-7-18(21-2)15(14-17)10-13-22(3,4)5/h6-7,14,16,19H,8-9,11-12H2,1-5H3. The number of nitrogens with one attached hydrogen (secondary N) is 1. The Balaban J connectivity index is 2.14. The summed E-state index contributed by atoms with van der Waals surface area (Å²) in [4.78, 5) is 2.38. The van der Waals surface area contributed by atoms with E-state index in [1.165, 1.54) is 12.8 Å². The third-order valence-corrected chi connectivity index (χ3v) is 4.50. The zero-order valence-electron chi connectivity index (χ0n) is 14.4. The minimum absolute atomic E-state index is 0.554. The second-order valence-corrected chi connectivity index (χ2v) is 10.6. The van der Waals surface area contributed by atoms with Crippen molar-refractivity contribution >= 4 is 15.7 Å². The van der Waals surface area contributed by atoms with E-state index in [0.717, 1.165) is 30.1 Å². The second-order valence-electron chi connectivity index (χ2n) is 6.70. The summed E-state index contributed by atoms with van der Waals surface area (Å²) in [5.41, 5.74) is 2.12. The molecule has 0 bridgehead atoms. The number of anilines is 1. The molecule has 0 aromatic heterocycles. The van der Waals surface area contributed by atoms with Crippen LogP contribution in [0.1, 0.15) is 18.4 Å². The van der Waals surface area contributed by atoms with Crippen molar-refractivity contribution in [1.29, 1.82) is 0 Å². The van der Waals surface area contributed by atoms with Crippen LogP contribution in [-0.4, -0.2) is 57.0 Å². The lowest BCUT2D eigenvalue weighted by Crippen LogP contribution is -2.36. The van der Waals surface area contributed by atoms with Gasteiger partial charge in [0.15, 0.2) is 0 Å². The fourth-order valence-corrected chi connectivity index (χ4v) is 2.91. The number of hydrogen-bond acceptors (Lipinski definition) is 3. The van der Waals surface area contributed by atoms with E-state index in [9.17, 15) is 0 Å². The Bertz CT molecular complexity index is 561. The number of nitrogens with zero attached hydrogens (tertiary/aromatic N) is 1. The van der Waals surface area contributed by atoms with Gasteiger partial charge in [-0.3, -0.25) is 0 Å². The molecule has 3 nitrogen and oxygen atoms in total.